The summed E-state index contributed by atoms with van der Waals surface area (Å²) in [6.07, 6.45) is 9.12. The lowest BCUT2D eigenvalue weighted by Crippen LogP contribution is -2.46. The zero-order valence-corrected chi connectivity index (χ0v) is 14.0. The molecule has 0 radical (unpaired) electrons. The van der Waals surface area contributed by atoms with Crippen LogP contribution < -0.4 is 10.6 Å². The van der Waals surface area contributed by atoms with Crippen molar-refractivity contribution in [3.8, 4) is 0 Å². The average molecular weight is 306 g/mol. The Morgan fingerprint density at radius 2 is 2.09 bits per heavy atom. The predicted molar refractivity (Wildman–Crippen MR) is 91.1 cm³/mol. The van der Waals surface area contributed by atoms with Crippen molar-refractivity contribution in [1.82, 2.24) is 25.3 Å². The van der Waals surface area contributed by atoms with Gasteiger partial charge in [-0.1, -0.05) is 13.3 Å². The van der Waals surface area contributed by atoms with E-state index in [0.717, 1.165) is 38.2 Å². The summed E-state index contributed by atoms with van der Waals surface area (Å²) in [7, 11) is 1.82. The Morgan fingerprint density at radius 3 is 2.77 bits per heavy atom. The standard InChI is InChI=1S/C16H30N6/c1-3-15-7-4-5-11-21(15)13-9-18-16(17-2)19-10-14-22-12-6-8-20-22/h6,8,12,15H,3-5,7,9-11,13-14H2,1-2H3,(H2,17,18,19). The molecule has 6 nitrogen and oxygen atoms in total. The fourth-order valence-electron chi connectivity index (χ4n) is 3.08. The fourth-order valence-corrected chi connectivity index (χ4v) is 3.08. The van der Waals surface area contributed by atoms with Crippen molar-refractivity contribution in [1.29, 1.82) is 0 Å². The van der Waals surface area contributed by atoms with E-state index < -0.39 is 0 Å². The fraction of sp³-hybridized carbons (Fsp3) is 0.750. The van der Waals surface area contributed by atoms with Crippen LogP contribution in [0.25, 0.3) is 0 Å². The number of nitrogens with one attached hydrogen (secondary N) is 2. The van der Waals surface area contributed by atoms with Crippen molar-refractivity contribution in [2.75, 3.05) is 33.2 Å². The second kappa shape index (κ2) is 9.46. The minimum Gasteiger partial charge on any atom is -0.355 e. The van der Waals surface area contributed by atoms with Gasteiger partial charge >= 0.3 is 0 Å². The van der Waals surface area contributed by atoms with E-state index >= 15 is 0 Å². The van der Waals surface area contributed by atoms with Crippen LogP contribution in [0.2, 0.25) is 0 Å². The topological polar surface area (TPSA) is 57.5 Å². The Morgan fingerprint density at radius 1 is 1.27 bits per heavy atom. The van der Waals surface area contributed by atoms with Crippen LogP contribution in [-0.2, 0) is 6.54 Å². The molecule has 0 aliphatic carbocycles. The molecule has 2 N–H and O–H groups in total. The number of rotatable bonds is 7. The quantitative estimate of drug-likeness (QED) is 0.589. The summed E-state index contributed by atoms with van der Waals surface area (Å²) in [5, 5.41) is 10.9. The normalized spacial score (nSPS) is 20.1. The molecule has 6 heteroatoms. The first kappa shape index (κ1) is 16.8. The third kappa shape index (κ3) is 5.33. The Hall–Kier alpha value is -1.56. The highest BCUT2D eigenvalue weighted by molar-refractivity contribution is 5.79. The Labute approximate surface area is 134 Å². The molecule has 0 bridgehead atoms. The van der Waals surface area contributed by atoms with Gasteiger partial charge < -0.3 is 10.6 Å². The number of aliphatic imine (C=N–C) groups is 1. The Kier molecular flexibility index (Phi) is 7.22. The first-order chi connectivity index (χ1) is 10.8. The first-order valence-corrected chi connectivity index (χ1v) is 8.49. The molecule has 22 heavy (non-hydrogen) atoms. The van der Waals surface area contributed by atoms with Crippen molar-refractivity contribution in [2.45, 2.75) is 45.2 Å². The third-order valence-electron chi connectivity index (χ3n) is 4.33. The Balaban J connectivity index is 1.63. The first-order valence-electron chi connectivity index (χ1n) is 8.49. The maximum absolute atomic E-state index is 4.27. The molecular weight excluding hydrogens is 276 g/mol. The van der Waals surface area contributed by atoms with Gasteiger partial charge in [-0.05, 0) is 31.9 Å². The van der Waals surface area contributed by atoms with E-state index in [1.165, 1.54) is 32.2 Å². The van der Waals surface area contributed by atoms with E-state index in [-0.39, 0.29) is 0 Å². The lowest BCUT2D eigenvalue weighted by molar-refractivity contribution is 0.147. The van der Waals surface area contributed by atoms with Crippen molar-refractivity contribution in [2.24, 2.45) is 4.99 Å². The van der Waals surface area contributed by atoms with Crippen molar-refractivity contribution in [3.63, 3.8) is 0 Å². The summed E-state index contributed by atoms with van der Waals surface area (Å²) in [6.45, 7) is 7.24. The molecule has 2 heterocycles. The molecule has 0 aromatic carbocycles. The lowest BCUT2D eigenvalue weighted by Gasteiger charge is -2.35. The van der Waals surface area contributed by atoms with Crippen molar-refractivity contribution < 1.29 is 0 Å². The molecule has 1 saturated heterocycles. The van der Waals surface area contributed by atoms with Crippen molar-refractivity contribution in [3.05, 3.63) is 18.5 Å². The molecule has 0 amide bonds. The molecule has 1 aliphatic heterocycles. The molecule has 1 unspecified atom stereocenters. The number of hydrogen-bond acceptors (Lipinski definition) is 3. The summed E-state index contributed by atoms with van der Waals surface area (Å²) < 4.78 is 1.92. The second-order valence-electron chi connectivity index (χ2n) is 5.79. The van der Waals surface area contributed by atoms with Gasteiger partial charge in [-0.2, -0.15) is 5.10 Å². The van der Waals surface area contributed by atoms with Crippen LogP contribution in [0.3, 0.4) is 0 Å². The monoisotopic (exact) mass is 306 g/mol. The molecule has 0 saturated carbocycles. The van der Waals surface area contributed by atoms with Gasteiger partial charge in [-0.3, -0.25) is 14.6 Å². The second-order valence-corrected chi connectivity index (χ2v) is 5.79. The van der Waals surface area contributed by atoms with Crippen LogP contribution in [0.1, 0.15) is 32.6 Å². The van der Waals surface area contributed by atoms with Crippen LogP contribution in [0.5, 0.6) is 0 Å². The summed E-state index contributed by atoms with van der Waals surface area (Å²) in [5.41, 5.74) is 0. The van der Waals surface area contributed by atoms with Crippen LogP contribution >= 0.6 is 0 Å². The van der Waals surface area contributed by atoms with E-state index in [0.29, 0.717) is 0 Å². The summed E-state index contributed by atoms with van der Waals surface area (Å²) in [5.74, 6) is 0.872. The van der Waals surface area contributed by atoms with Crippen molar-refractivity contribution >= 4 is 5.96 Å². The van der Waals surface area contributed by atoms with Gasteiger partial charge in [0.1, 0.15) is 0 Å². The van der Waals surface area contributed by atoms with E-state index in [4.69, 9.17) is 0 Å². The highest BCUT2D eigenvalue weighted by atomic mass is 15.3. The van der Waals surface area contributed by atoms with Gasteiger partial charge in [-0.15, -0.1) is 0 Å². The third-order valence-corrected chi connectivity index (χ3v) is 4.33. The van der Waals surface area contributed by atoms with E-state index in [1.807, 2.05) is 24.0 Å². The highest BCUT2D eigenvalue weighted by Crippen LogP contribution is 2.18. The number of likely N-dealkylation sites (tertiary alicyclic amines) is 1. The molecule has 1 atom stereocenters. The minimum absolute atomic E-state index is 0.769. The number of guanidine groups is 1. The molecule has 2 rings (SSSR count). The highest BCUT2D eigenvalue weighted by Gasteiger charge is 2.19. The molecule has 1 aromatic heterocycles. The minimum atomic E-state index is 0.769. The summed E-state index contributed by atoms with van der Waals surface area (Å²) >= 11 is 0. The number of piperidine rings is 1. The smallest absolute Gasteiger partial charge is 0.191 e. The molecule has 1 fully saturated rings. The van der Waals surface area contributed by atoms with Gasteiger partial charge in [-0.25, -0.2) is 0 Å². The maximum atomic E-state index is 4.27. The summed E-state index contributed by atoms with van der Waals surface area (Å²) in [4.78, 5) is 6.89. The molecule has 1 aliphatic rings. The predicted octanol–water partition coefficient (Wildman–Crippen LogP) is 1.31. The van der Waals surface area contributed by atoms with Crippen LogP contribution in [0.4, 0.5) is 0 Å². The van der Waals surface area contributed by atoms with Gasteiger partial charge in [0.05, 0.1) is 6.54 Å². The van der Waals surface area contributed by atoms with Crippen LogP contribution in [-0.4, -0.2) is 59.9 Å². The van der Waals surface area contributed by atoms with E-state index in [2.05, 4.69) is 32.5 Å². The largest absolute Gasteiger partial charge is 0.355 e. The molecular formula is C16H30N6. The molecule has 0 spiro atoms. The van der Waals surface area contributed by atoms with Gasteiger partial charge in [0.25, 0.3) is 0 Å². The van der Waals surface area contributed by atoms with Gasteiger partial charge in [0, 0.05) is 45.1 Å². The van der Waals surface area contributed by atoms with Crippen LogP contribution in [0, 0.1) is 0 Å². The lowest BCUT2D eigenvalue weighted by atomic mass is 10.0. The zero-order valence-electron chi connectivity index (χ0n) is 14.0. The average Bonchev–Trinajstić information content (AvgIpc) is 3.07. The molecule has 124 valence electrons. The number of hydrogen-bond donors (Lipinski definition) is 2. The SMILES string of the molecule is CCC1CCCCN1CCNC(=NC)NCCn1cccn1. The maximum Gasteiger partial charge on any atom is 0.191 e. The Bertz CT molecular complexity index is 428. The van der Waals surface area contributed by atoms with E-state index in [1.54, 1.807) is 6.20 Å². The van der Waals surface area contributed by atoms with Gasteiger partial charge in [0.2, 0.25) is 0 Å². The number of nitrogens with zero attached hydrogens (tertiary/aromatic N) is 4. The zero-order chi connectivity index (χ0) is 15.6. The summed E-state index contributed by atoms with van der Waals surface area (Å²) in [6, 6.07) is 2.71. The van der Waals surface area contributed by atoms with Gasteiger partial charge in [0.15, 0.2) is 5.96 Å². The number of aromatic nitrogens is 2. The van der Waals surface area contributed by atoms with E-state index in [9.17, 15) is 0 Å². The van der Waals surface area contributed by atoms with Crippen LogP contribution in [0.15, 0.2) is 23.5 Å². The molecule has 1 aromatic rings.